The minimum Gasteiger partial charge on any atom is -0.381 e. The quantitative estimate of drug-likeness (QED) is 0.157. The van der Waals surface area contributed by atoms with Crippen LogP contribution in [-0.4, -0.2) is 24.8 Å². The molecule has 2 nitrogen and oxygen atoms in total. The lowest BCUT2D eigenvalue weighted by Crippen LogP contribution is -2.14. The second-order valence-electron chi connectivity index (χ2n) is 8.48. The van der Waals surface area contributed by atoms with E-state index in [1.165, 1.54) is 42.5 Å². The highest BCUT2D eigenvalue weighted by molar-refractivity contribution is 5.98. The van der Waals surface area contributed by atoms with E-state index in [9.17, 15) is 4.79 Å². The molecule has 0 aromatic carbocycles. The molecule has 0 aliphatic rings. The largest absolute Gasteiger partial charge is 0.381 e. The highest BCUT2D eigenvalue weighted by atomic mass is 16.1. The Bertz CT molecular complexity index is 604. The molecule has 0 amide bonds. The maximum Gasteiger partial charge on any atom is 0.162 e. The summed E-state index contributed by atoms with van der Waals surface area (Å²) in [6.45, 7) is 17.4. The van der Waals surface area contributed by atoms with E-state index < -0.39 is 0 Å². The molecule has 166 valence electrons. The maximum atomic E-state index is 12.8. The molecule has 0 aliphatic carbocycles. The molecule has 0 bridgehead atoms. The van der Waals surface area contributed by atoms with Gasteiger partial charge < -0.3 is 4.90 Å². The molecule has 0 spiro atoms. The van der Waals surface area contributed by atoms with E-state index in [0.717, 1.165) is 36.8 Å². The van der Waals surface area contributed by atoms with Gasteiger partial charge in [0, 0.05) is 31.8 Å². The summed E-state index contributed by atoms with van der Waals surface area (Å²) in [5.74, 6) is 0.708. The van der Waals surface area contributed by atoms with Crippen molar-refractivity contribution in [1.29, 1.82) is 0 Å². The third-order valence-corrected chi connectivity index (χ3v) is 5.80. The van der Waals surface area contributed by atoms with Gasteiger partial charge in [0.25, 0.3) is 0 Å². The Morgan fingerprint density at radius 2 is 1.62 bits per heavy atom. The molecule has 0 aromatic rings. The van der Waals surface area contributed by atoms with Gasteiger partial charge in [-0.25, -0.2) is 0 Å². The van der Waals surface area contributed by atoms with Gasteiger partial charge >= 0.3 is 0 Å². The van der Waals surface area contributed by atoms with E-state index in [-0.39, 0.29) is 5.78 Å². The molecule has 0 radical (unpaired) electrons. The zero-order valence-electron chi connectivity index (χ0n) is 20.7. The summed E-state index contributed by atoms with van der Waals surface area (Å²) in [5.41, 5.74) is 5.70. The minimum absolute atomic E-state index is 0.223. The van der Waals surface area contributed by atoms with Gasteiger partial charge in [0.1, 0.15) is 0 Å². The number of carbonyl (C=O) groups is 1. The normalized spacial score (nSPS) is 14.5. The predicted octanol–water partition coefficient (Wildman–Crippen LogP) is 8.03. The van der Waals surface area contributed by atoms with Gasteiger partial charge in [-0.05, 0) is 62.2 Å². The number of nitrogens with zero attached hydrogens (tertiary/aromatic N) is 1. The minimum atomic E-state index is 0.223. The average Bonchev–Trinajstić information content (AvgIpc) is 2.68. The van der Waals surface area contributed by atoms with Crippen molar-refractivity contribution in [3.63, 3.8) is 0 Å². The van der Waals surface area contributed by atoms with Crippen molar-refractivity contribution in [3.05, 3.63) is 46.7 Å². The maximum absolute atomic E-state index is 12.8. The lowest BCUT2D eigenvalue weighted by molar-refractivity contribution is -0.115. The lowest BCUT2D eigenvalue weighted by Gasteiger charge is -2.23. The molecule has 0 rings (SSSR count). The second kappa shape index (κ2) is 15.3. The highest BCUT2D eigenvalue weighted by Crippen LogP contribution is 2.26. The number of rotatable bonds is 15. The highest BCUT2D eigenvalue weighted by Gasteiger charge is 2.14. The van der Waals surface area contributed by atoms with E-state index in [1.54, 1.807) is 0 Å². The van der Waals surface area contributed by atoms with Crippen LogP contribution in [0.2, 0.25) is 0 Å². The molecule has 2 heteroatoms. The Labute approximate surface area is 181 Å². The van der Waals surface area contributed by atoms with Crippen LogP contribution in [0.25, 0.3) is 0 Å². The van der Waals surface area contributed by atoms with Crippen LogP contribution >= 0.6 is 0 Å². The summed E-state index contributed by atoms with van der Waals surface area (Å²) in [7, 11) is 4.25. The standard InChI is InChI=1S/C27H47NO/c1-10-14-15-16-18-26(28(8)9)25(13-4)23(7)20-24(27(29)17-11-2)19-22(6)21(5)12-3/h19-21H,7,10-18H2,1-6,8-9H3/b22-19-,24-20+,26-25+. The zero-order valence-corrected chi connectivity index (χ0v) is 20.7. The van der Waals surface area contributed by atoms with Gasteiger partial charge in [0.15, 0.2) is 5.78 Å². The number of hydrogen-bond acceptors (Lipinski definition) is 2. The Kier molecular flexibility index (Phi) is 14.5. The van der Waals surface area contributed by atoms with Crippen LogP contribution in [0.4, 0.5) is 0 Å². The van der Waals surface area contributed by atoms with Gasteiger partial charge in [0.2, 0.25) is 0 Å². The summed E-state index contributed by atoms with van der Waals surface area (Å²) in [6, 6.07) is 0. The molecule has 0 N–H and O–H groups in total. The van der Waals surface area contributed by atoms with Crippen LogP contribution in [0.3, 0.4) is 0 Å². The number of Topliss-reactive ketones (excluding diaryl/α,β-unsaturated/α-hetero) is 1. The van der Waals surface area contributed by atoms with Crippen LogP contribution in [0, 0.1) is 5.92 Å². The molecule has 29 heavy (non-hydrogen) atoms. The fourth-order valence-electron chi connectivity index (χ4n) is 3.54. The number of ketones is 1. The summed E-state index contributed by atoms with van der Waals surface area (Å²) in [4.78, 5) is 15.0. The molecule has 0 saturated heterocycles. The van der Waals surface area contributed by atoms with Gasteiger partial charge in [0.05, 0.1) is 0 Å². The van der Waals surface area contributed by atoms with Crippen LogP contribution < -0.4 is 0 Å². The van der Waals surface area contributed by atoms with Crippen molar-refractivity contribution < 1.29 is 4.79 Å². The first-order valence-corrected chi connectivity index (χ1v) is 11.7. The summed E-state index contributed by atoms with van der Waals surface area (Å²) < 4.78 is 0. The molecule has 0 fully saturated rings. The summed E-state index contributed by atoms with van der Waals surface area (Å²) in [6.07, 6.45) is 13.7. The molecule has 0 aliphatic heterocycles. The number of carbonyl (C=O) groups excluding carboxylic acids is 1. The first kappa shape index (κ1) is 27.4. The van der Waals surface area contributed by atoms with Gasteiger partial charge in [-0.15, -0.1) is 0 Å². The van der Waals surface area contributed by atoms with Crippen LogP contribution in [0.15, 0.2) is 46.7 Å². The van der Waals surface area contributed by atoms with Crippen molar-refractivity contribution in [1.82, 2.24) is 4.90 Å². The summed E-state index contributed by atoms with van der Waals surface area (Å²) in [5, 5.41) is 0. The molecule has 0 heterocycles. The topological polar surface area (TPSA) is 20.3 Å². The molecule has 0 saturated carbocycles. The fourth-order valence-corrected chi connectivity index (χ4v) is 3.54. The van der Waals surface area contributed by atoms with Crippen molar-refractivity contribution in [3.8, 4) is 0 Å². The Balaban J connectivity index is 5.96. The van der Waals surface area contributed by atoms with E-state index in [1.807, 2.05) is 6.08 Å². The Morgan fingerprint density at radius 1 is 0.966 bits per heavy atom. The Hall–Kier alpha value is -1.57. The molecule has 1 atom stereocenters. The van der Waals surface area contributed by atoms with Crippen LogP contribution in [0.5, 0.6) is 0 Å². The van der Waals surface area contributed by atoms with Gasteiger partial charge in [-0.1, -0.05) is 72.1 Å². The second-order valence-corrected chi connectivity index (χ2v) is 8.48. The van der Waals surface area contributed by atoms with Crippen molar-refractivity contribution >= 4 is 5.78 Å². The average molecular weight is 402 g/mol. The third kappa shape index (κ3) is 10.1. The van der Waals surface area contributed by atoms with E-state index in [4.69, 9.17) is 0 Å². The smallest absolute Gasteiger partial charge is 0.162 e. The van der Waals surface area contributed by atoms with Crippen LogP contribution in [-0.2, 0) is 4.79 Å². The number of hydrogen-bond donors (Lipinski definition) is 0. The first-order chi connectivity index (χ1) is 13.7. The molecule has 0 aromatic heterocycles. The van der Waals surface area contributed by atoms with Crippen molar-refractivity contribution in [2.45, 2.75) is 99.3 Å². The third-order valence-electron chi connectivity index (χ3n) is 5.80. The van der Waals surface area contributed by atoms with E-state index >= 15 is 0 Å². The van der Waals surface area contributed by atoms with Crippen molar-refractivity contribution in [2.24, 2.45) is 5.92 Å². The van der Waals surface area contributed by atoms with Crippen molar-refractivity contribution in [2.75, 3.05) is 14.1 Å². The fraction of sp³-hybridized carbons (Fsp3) is 0.667. The zero-order chi connectivity index (χ0) is 22.4. The number of allylic oxidation sites excluding steroid dienone is 7. The van der Waals surface area contributed by atoms with Crippen LogP contribution in [0.1, 0.15) is 99.3 Å². The first-order valence-electron chi connectivity index (χ1n) is 11.7. The number of unbranched alkanes of at least 4 members (excludes halogenated alkanes) is 3. The van der Waals surface area contributed by atoms with E-state index in [0.29, 0.717) is 12.3 Å². The monoisotopic (exact) mass is 401 g/mol. The molecular formula is C27H47NO. The Morgan fingerprint density at radius 3 is 2.10 bits per heavy atom. The predicted molar refractivity (Wildman–Crippen MR) is 130 cm³/mol. The SMILES string of the molecule is C=C(/C=C(\C=C(\C)C(C)CC)C(=O)CCC)/C(CC)=C(\CCCCCC)N(C)C. The lowest BCUT2D eigenvalue weighted by atomic mass is 9.92. The molecular weight excluding hydrogens is 354 g/mol. The summed E-state index contributed by atoms with van der Waals surface area (Å²) >= 11 is 0. The van der Waals surface area contributed by atoms with Gasteiger partial charge in [-0.3, -0.25) is 4.79 Å². The molecule has 1 unspecified atom stereocenters. The van der Waals surface area contributed by atoms with E-state index in [2.05, 4.69) is 73.2 Å². The van der Waals surface area contributed by atoms with Gasteiger partial charge in [-0.2, -0.15) is 0 Å².